The average molecular weight is 301 g/mol. The average Bonchev–Trinajstić information content (AvgIpc) is 2.45. The molecule has 1 saturated heterocycles. The van der Waals surface area contributed by atoms with Crippen molar-refractivity contribution in [2.75, 3.05) is 24.6 Å². The number of carbonyl (C=O) groups excluding carboxylic acids is 1. The monoisotopic (exact) mass is 301 g/mol. The predicted octanol–water partition coefficient (Wildman–Crippen LogP) is 3.29. The quantitative estimate of drug-likeness (QED) is 0.781. The first kappa shape index (κ1) is 15.0. The van der Waals surface area contributed by atoms with Gasteiger partial charge < -0.3 is 4.90 Å². The van der Waals surface area contributed by atoms with E-state index in [4.69, 9.17) is 0 Å². The Morgan fingerprint density at radius 3 is 2.30 bits per heavy atom. The molecule has 2 nitrogen and oxygen atoms in total. The van der Waals surface area contributed by atoms with E-state index in [2.05, 4.69) is 0 Å². The van der Waals surface area contributed by atoms with Crippen molar-refractivity contribution in [1.29, 1.82) is 0 Å². The molecule has 0 aliphatic carbocycles. The number of thioether (sulfide) groups is 1. The van der Waals surface area contributed by atoms with Gasteiger partial charge in [-0.3, -0.25) is 4.79 Å². The molecule has 20 heavy (non-hydrogen) atoms. The fourth-order valence-corrected chi connectivity index (χ4v) is 2.74. The van der Waals surface area contributed by atoms with Crippen LogP contribution in [0.4, 0.5) is 13.2 Å². The maximum Gasteiger partial charge on any atom is 0.416 e. The maximum absolute atomic E-state index is 12.4. The van der Waals surface area contributed by atoms with E-state index >= 15 is 0 Å². The van der Waals surface area contributed by atoms with Crippen LogP contribution in [-0.2, 0) is 11.0 Å². The van der Waals surface area contributed by atoms with Crippen LogP contribution in [0.2, 0.25) is 0 Å². The summed E-state index contributed by atoms with van der Waals surface area (Å²) in [6, 6.07) is 4.75. The van der Waals surface area contributed by atoms with Crippen LogP contribution in [0, 0.1) is 0 Å². The molecular weight excluding hydrogens is 287 g/mol. The Morgan fingerprint density at radius 1 is 1.15 bits per heavy atom. The van der Waals surface area contributed by atoms with Gasteiger partial charge in [0.25, 0.3) is 0 Å². The van der Waals surface area contributed by atoms with E-state index < -0.39 is 11.7 Å². The largest absolute Gasteiger partial charge is 0.416 e. The second-order valence-corrected chi connectivity index (χ2v) is 5.62. The van der Waals surface area contributed by atoms with Crippen molar-refractivity contribution >= 4 is 23.7 Å². The lowest BCUT2D eigenvalue weighted by atomic mass is 10.1. The van der Waals surface area contributed by atoms with E-state index in [9.17, 15) is 18.0 Å². The normalized spacial score (nSPS) is 16.6. The molecule has 1 amide bonds. The van der Waals surface area contributed by atoms with Gasteiger partial charge in [-0.2, -0.15) is 24.9 Å². The van der Waals surface area contributed by atoms with E-state index in [1.165, 1.54) is 18.2 Å². The van der Waals surface area contributed by atoms with Gasteiger partial charge in [0.15, 0.2) is 0 Å². The molecule has 108 valence electrons. The molecule has 6 heteroatoms. The van der Waals surface area contributed by atoms with Crippen LogP contribution in [0.25, 0.3) is 6.08 Å². The lowest BCUT2D eigenvalue weighted by molar-refractivity contribution is -0.137. The van der Waals surface area contributed by atoms with E-state index in [0.717, 1.165) is 36.7 Å². The molecule has 0 N–H and O–H groups in total. The summed E-state index contributed by atoms with van der Waals surface area (Å²) >= 11 is 1.81. The van der Waals surface area contributed by atoms with Gasteiger partial charge in [-0.1, -0.05) is 12.1 Å². The Hall–Kier alpha value is -1.43. The summed E-state index contributed by atoms with van der Waals surface area (Å²) in [4.78, 5) is 13.6. The summed E-state index contributed by atoms with van der Waals surface area (Å²) < 4.78 is 37.2. The van der Waals surface area contributed by atoms with E-state index in [-0.39, 0.29) is 5.91 Å². The smallest absolute Gasteiger partial charge is 0.338 e. The molecule has 0 unspecified atom stereocenters. The van der Waals surface area contributed by atoms with Gasteiger partial charge in [-0.25, -0.2) is 0 Å². The number of benzene rings is 1. The third kappa shape index (κ3) is 4.03. The van der Waals surface area contributed by atoms with E-state index in [1.54, 1.807) is 11.0 Å². The molecule has 2 rings (SSSR count). The topological polar surface area (TPSA) is 20.3 Å². The standard InChI is InChI=1S/C14H14F3NOS/c15-14(16,17)12-4-1-11(2-5-12)3-6-13(19)18-7-9-20-10-8-18/h1-6H,7-10H2/b6-3+. The van der Waals surface area contributed by atoms with Crippen LogP contribution >= 0.6 is 11.8 Å². The second kappa shape index (κ2) is 6.35. The molecule has 1 heterocycles. The zero-order chi connectivity index (χ0) is 14.6. The highest BCUT2D eigenvalue weighted by atomic mass is 32.2. The minimum absolute atomic E-state index is 0.0924. The van der Waals surface area contributed by atoms with Crippen LogP contribution in [0.5, 0.6) is 0 Å². The molecule has 0 aromatic heterocycles. The SMILES string of the molecule is O=C(/C=C/c1ccc(C(F)(F)F)cc1)N1CCSCC1. The van der Waals surface area contributed by atoms with Crippen molar-refractivity contribution in [1.82, 2.24) is 4.90 Å². The molecule has 1 aliphatic heterocycles. The van der Waals surface area contributed by atoms with Crippen molar-refractivity contribution in [3.63, 3.8) is 0 Å². The molecule has 0 saturated carbocycles. The van der Waals surface area contributed by atoms with Gasteiger partial charge >= 0.3 is 6.18 Å². The first-order valence-electron chi connectivity index (χ1n) is 6.19. The fourth-order valence-electron chi connectivity index (χ4n) is 1.84. The predicted molar refractivity (Wildman–Crippen MR) is 74.4 cm³/mol. The van der Waals surface area contributed by atoms with Gasteiger partial charge in [-0.15, -0.1) is 0 Å². The number of amides is 1. The maximum atomic E-state index is 12.4. The van der Waals surface area contributed by atoms with E-state index in [1.807, 2.05) is 11.8 Å². The first-order valence-corrected chi connectivity index (χ1v) is 7.34. The molecule has 1 aromatic rings. The summed E-state index contributed by atoms with van der Waals surface area (Å²) in [6.07, 6.45) is -1.37. The summed E-state index contributed by atoms with van der Waals surface area (Å²) in [6.45, 7) is 1.45. The van der Waals surface area contributed by atoms with Crippen molar-refractivity contribution < 1.29 is 18.0 Å². The first-order chi connectivity index (χ1) is 9.47. The number of rotatable bonds is 2. The highest BCUT2D eigenvalue weighted by Gasteiger charge is 2.29. The summed E-state index contributed by atoms with van der Waals surface area (Å²) in [5.41, 5.74) is -0.105. The highest BCUT2D eigenvalue weighted by Crippen LogP contribution is 2.29. The number of carbonyl (C=O) groups is 1. The van der Waals surface area contributed by atoms with Crippen LogP contribution < -0.4 is 0 Å². The van der Waals surface area contributed by atoms with E-state index in [0.29, 0.717) is 5.56 Å². The van der Waals surface area contributed by atoms with Crippen molar-refractivity contribution in [3.8, 4) is 0 Å². The molecule has 0 radical (unpaired) electrons. The van der Waals surface area contributed by atoms with Gasteiger partial charge in [0, 0.05) is 30.7 Å². The van der Waals surface area contributed by atoms with Crippen LogP contribution in [0.1, 0.15) is 11.1 Å². The fraction of sp³-hybridized carbons (Fsp3) is 0.357. The molecular formula is C14H14F3NOS. The van der Waals surface area contributed by atoms with Gasteiger partial charge in [0.2, 0.25) is 5.91 Å². The molecule has 1 fully saturated rings. The van der Waals surface area contributed by atoms with Crippen molar-refractivity contribution in [3.05, 3.63) is 41.5 Å². The Morgan fingerprint density at radius 2 is 1.75 bits per heavy atom. The summed E-state index contributed by atoms with van der Waals surface area (Å²) in [5, 5.41) is 0. The third-order valence-electron chi connectivity index (χ3n) is 2.98. The lowest BCUT2D eigenvalue weighted by Gasteiger charge is -2.25. The molecule has 0 bridgehead atoms. The zero-order valence-corrected chi connectivity index (χ0v) is 11.5. The second-order valence-electron chi connectivity index (χ2n) is 4.39. The van der Waals surface area contributed by atoms with Crippen LogP contribution in [-0.4, -0.2) is 35.4 Å². The number of alkyl halides is 3. The number of hydrogen-bond donors (Lipinski definition) is 0. The summed E-state index contributed by atoms with van der Waals surface area (Å²) in [7, 11) is 0. The Bertz CT molecular complexity index is 490. The number of nitrogens with zero attached hydrogens (tertiary/aromatic N) is 1. The molecule has 1 aromatic carbocycles. The molecule has 0 spiro atoms. The van der Waals surface area contributed by atoms with Gasteiger partial charge in [0.05, 0.1) is 5.56 Å². The Labute approximate surface area is 119 Å². The Kier molecular flexibility index (Phi) is 4.75. The number of hydrogen-bond acceptors (Lipinski definition) is 2. The van der Waals surface area contributed by atoms with Crippen LogP contribution in [0.15, 0.2) is 30.3 Å². The zero-order valence-electron chi connectivity index (χ0n) is 10.7. The van der Waals surface area contributed by atoms with Crippen molar-refractivity contribution in [2.45, 2.75) is 6.18 Å². The lowest BCUT2D eigenvalue weighted by Crippen LogP contribution is -2.36. The van der Waals surface area contributed by atoms with Crippen LogP contribution in [0.3, 0.4) is 0 Å². The van der Waals surface area contributed by atoms with Crippen molar-refractivity contribution in [2.24, 2.45) is 0 Å². The number of halogens is 3. The minimum Gasteiger partial charge on any atom is -0.338 e. The van der Waals surface area contributed by atoms with Gasteiger partial charge in [-0.05, 0) is 23.8 Å². The molecule has 1 aliphatic rings. The third-order valence-corrected chi connectivity index (χ3v) is 3.92. The Balaban J connectivity index is 1.98. The minimum atomic E-state index is -4.33. The summed E-state index contributed by atoms with van der Waals surface area (Å²) in [5.74, 6) is 1.77. The molecule has 0 atom stereocenters. The highest BCUT2D eigenvalue weighted by molar-refractivity contribution is 7.99. The van der Waals surface area contributed by atoms with Gasteiger partial charge in [0.1, 0.15) is 0 Å².